The highest BCUT2D eigenvalue weighted by Crippen LogP contribution is 2.61. The largest absolute Gasteiger partial charge is 0.301 e. The minimum absolute atomic E-state index is 0.0457. The molecule has 4 aliphatic heterocycles. The highest BCUT2D eigenvalue weighted by molar-refractivity contribution is 6.13. The van der Waals surface area contributed by atoms with E-state index in [1.165, 1.54) is 5.56 Å². The van der Waals surface area contributed by atoms with Gasteiger partial charge in [-0.25, -0.2) is 15.0 Å². The van der Waals surface area contributed by atoms with E-state index in [9.17, 15) is 0 Å². The summed E-state index contributed by atoms with van der Waals surface area (Å²) in [5.74, 6) is 2.48. The van der Waals surface area contributed by atoms with Crippen molar-refractivity contribution in [3.8, 4) is 0 Å². The standard InChI is InChI=1S/C41H31N7/c1-27-31-21-11-14-24-34(31)48-41(45(29-17-7-3-8-18-29)37(44-48)28-15-5-2-6-16-28)36-35(27)32-22-12-13-23-33(32)47-39-38(42-25-26-43-39)46(40(36)47)30-19-9-4-10-20-30/h2-26,35-36,40-41H,1H2. The fourth-order valence-corrected chi connectivity index (χ4v) is 8.32. The van der Waals surface area contributed by atoms with Gasteiger partial charge in [0.25, 0.3) is 0 Å². The Hall–Kier alpha value is -6.21. The molecule has 0 aliphatic carbocycles. The highest BCUT2D eigenvalue weighted by Gasteiger charge is 2.59. The number of allylic oxidation sites excluding steroid dienone is 1. The Morgan fingerprint density at radius 3 is 1.79 bits per heavy atom. The van der Waals surface area contributed by atoms with Crippen molar-refractivity contribution in [3.05, 3.63) is 175 Å². The molecule has 6 aromatic rings. The van der Waals surface area contributed by atoms with Crippen LogP contribution in [0, 0.1) is 5.92 Å². The summed E-state index contributed by atoms with van der Waals surface area (Å²) in [7, 11) is 0. The van der Waals surface area contributed by atoms with E-state index in [0.717, 1.165) is 56.9 Å². The van der Waals surface area contributed by atoms with Crippen molar-refractivity contribution in [2.75, 3.05) is 19.7 Å². The monoisotopic (exact) mass is 621 g/mol. The minimum atomic E-state index is -0.227. The van der Waals surface area contributed by atoms with Crippen molar-refractivity contribution in [3.63, 3.8) is 0 Å². The SMILES string of the molecule is C=C1c2ccccc2N2N=C(c3ccccc3)N(c3ccccc3)C2C2C1c1ccccc1N1c3nccnc3N(c3ccccc3)C21. The second-order valence-corrected chi connectivity index (χ2v) is 12.6. The summed E-state index contributed by atoms with van der Waals surface area (Å²) in [6, 6.07) is 49.2. The fourth-order valence-electron chi connectivity index (χ4n) is 8.32. The van der Waals surface area contributed by atoms with Gasteiger partial charge in [0.1, 0.15) is 12.3 Å². The van der Waals surface area contributed by atoms with Gasteiger partial charge in [0, 0.05) is 46.5 Å². The molecule has 0 saturated heterocycles. The molecule has 0 N–H and O–H groups in total. The highest BCUT2D eigenvalue weighted by atomic mass is 15.6. The summed E-state index contributed by atoms with van der Waals surface area (Å²) in [5.41, 5.74) is 8.83. The fraction of sp³-hybridized carbons (Fsp3) is 0.0976. The van der Waals surface area contributed by atoms with Gasteiger partial charge in [-0.2, -0.15) is 5.10 Å². The number of amidine groups is 1. The molecule has 0 fully saturated rings. The van der Waals surface area contributed by atoms with Crippen molar-refractivity contribution in [2.45, 2.75) is 18.2 Å². The third kappa shape index (κ3) is 3.72. The zero-order valence-corrected chi connectivity index (χ0v) is 26.1. The predicted octanol–water partition coefficient (Wildman–Crippen LogP) is 8.55. The van der Waals surface area contributed by atoms with Gasteiger partial charge in [-0.15, -0.1) is 0 Å². The van der Waals surface area contributed by atoms with Gasteiger partial charge in [0.15, 0.2) is 17.5 Å². The Balaban J connectivity index is 1.30. The van der Waals surface area contributed by atoms with Gasteiger partial charge in [0.05, 0.1) is 11.6 Å². The van der Waals surface area contributed by atoms with Crippen molar-refractivity contribution >= 4 is 45.8 Å². The van der Waals surface area contributed by atoms with Crippen LogP contribution in [-0.2, 0) is 0 Å². The number of hydrogen-bond acceptors (Lipinski definition) is 7. The van der Waals surface area contributed by atoms with E-state index in [0.29, 0.717) is 0 Å². The van der Waals surface area contributed by atoms with E-state index in [2.05, 4.69) is 159 Å². The number of fused-ring (bicyclic) bond motifs is 12. The third-order valence-electron chi connectivity index (χ3n) is 10.2. The van der Waals surface area contributed by atoms with Crippen molar-refractivity contribution < 1.29 is 0 Å². The molecule has 5 aromatic carbocycles. The van der Waals surface area contributed by atoms with Crippen LogP contribution >= 0.6 is 0 Å². The Morgan fingerprint density at radius 2 is 1.08 bits per heavy atom. The Labute approximate surface area is 279 Å². The molecule has 4 aliphatic rings. The van der Waals surface area contributed by atoms with E-state index in [1.807, 2.05) is 0 Å². The normalized spacial score (nSPS) is 21.8. The number of aromatic nitrogens is 2. The van der Waals surface area contributed by atoms with Gasteiger partial charge in [0.2, 0.25) is 0 Å². The quantitative estimate of drug-likeness (QED) is 0.197. The zero-order valence-electron chi connectivity index (χ0n) is 26.1. The van der Waals surface area contributed by atoms with Gasteiger partial charge in [-0.3, -0.25) is 0 Å². The van der Waals surface area contributed by atoms with Crippen LogP contribution in [0.4, 0.5) is 34.4 Å². The van der Waals surface area contributed by atoms with E-state index in [1.54, 1.807) is 12.4 Å². The van der Waals surface area contributed by atoms with Crippen molar-refractivity contribution in [1.82, 2.24) is 9.97 Å². The maximum atomic E-state index is 5.55. The van der Waals surface area contributed by atoms with E-state index in [-0.39, 0.29) is 24.2 Å². The molecule has 7 heteroatoms. The molecular weight excluding hydrogens is 591 g/mol. The smallest absolute Gasteiger partial charge is 0.178 e. The number of benzene rings is 5. The molecule has 4 atom stereocenters. The first-order valence-corrected chi connectivity index (χ1v) is 16.4. The summed E-state index contributed by atoms with van der Waals surface area (Å²) >= 11 is 0. The average molecular weight is 622 g/mol. The first kappa shape index (κ1) is 27.0. The summed E-state index contributed by atoms with van der Waals surface area (Å²) in [6.07, 6.45) is 3.18. The molecule has 0 saturated carbocycles. The van der Waals surface area contributed by atoms with Crippen molar-refractivity contribution in [2.24, 2.45) is 11.0 Å². The maximum absolute atomic E-state index is 5.55. The van der Waals surface area contributed by atoms with E-state index in [4.69, 9.17) is 21.6 Å². The summed E-state index contributed by atoms with van der Waals surface area (Å²) in [6.45, 7) is 4.90. The van der Waals surface area contributed by atoms with Crippen LogP contribution in [0.2, 0.25) is 0 Å². The lowest BCUT2D eigenvalue weighted by atomic mass is 9.72. The molecule has 5 heterocycles. The Morgan fingerprint density at radius 1 is 0.521 bits per heavy atom. The molecule has 1 aromatic heterocycles. The van der Waals surface area contributed by atoms with Crippen LogP contribution in [0.3, 0.4) is 0 Å². The minimum Gasteiger partial charge on any atom is -0.301 e. The molecule has 0 spiro atoms. The molecule has 0 bridgehead atoms. The molecule has 0 amide bonds. The number of para-hydroxylation sites is 4. The summed E-state index contributed by atoms with van der Waals surface area (Å²) in [4.78, 5) is 17.3. The molecule has 7 nitrogen and oxygen atoms in total. The Kier molecular flexibility index (Phi) is 5.84. The average Bonchev–Trinajstić information content (AvgIpc) is 3.69. The van der Waals surface area contributed by atoms with Gasteiger partial charge in [-0.05, 0) is 47.5 Å². The van der Waals surface area contributed by atoms with Crippen LogP contribution in [0.15, 0.2) is 164 Å². The Bertz CT molecular complexity index is 2220. The second kappa shape index (κ2) is 10.4. The third-order valence-corrected chi connectivity index (χ3v) is 10.2. The van der Waals surface area contributed by atoms with Gasteiger partial charge in [-0.1, -0.05) is 110 Å². The lowest BCUT2D eigenvalue weighted by Crippen LogP contribution is -2.60. The first-order valence-electron chi connectivity index (χ1n) is 16.4. The van der Waals surface area contributed by atoms with E-state index >= 15 is 0 Å². The summed E-state index contributed by atoms with van der Waals surface area (Å²) < 4.78 is 0. The zero-order chi connectivity index (χ0) is 31.8. The number of hydrazone groups is 1. The van der Waals surface area contributed by atoms with Crippen LogP contribution in [-0.4, -0.2) is 28.1 Å². The number of nitrogens with zero attached hydrogens (tertiary/aromatic N) is 7. The molecule has 48 heavy (non-hydrogen) atoms. The van der Waals surface area contributed by atoms with Gasteiger partial charge >= 0.3 is 0 Å². The topological polar surface area (TPSA) is 51.1 Å². The lowest BCUT2D eigenvalue weighted by molar-refractivity contribution is 0.323. The molecular formula is C41H31N7. The number of rotatable bonds is 3. The number of anilines is 6. The predicted molar refractivity (Wildman–Crippen MR) is 193 cm³/mol. The van der Waals surface area contributed by atoms with Gasteiger partial charge < -0.3 is 14.7 Å². The van der Waals surface area contributed by atoms with Crippen LogP contribution in [0.1, 0.15) is 22.6 Å². The van der Waals surface area contributed by atoms with E-state index < -0.39 is 0 Å². The van der Waals surface area contributed by atoms with Crippen molar-refractivity contribution in [1.29, 1.82) is 0 Å². The molecule has 10 rings (SSSR count). The molecule has 230 valence electrons. The molecule has 0 radical (unpaired) electrons. The van der Waals surface area contributed by atoms with Crippen LogP contribution in [0.25, 0.3) is 5.57 Å². The second-order valence-electron chi connectivity index (χ2n) is 12.6. The lowest BCUT2D eigenvalue weighted by Gasteiger charge is -2.50. The molecule has 4 unspecified atom stereocenters. The summed E-state index contributed by atoms with van der Waals surface area (Å²) in [5, 5.41) is 7.81. The van der Waals surface area contributed by atoms with Crippen LogP contribution in [0.5, 0.6) is 0 Å². The first-order chi connectivity index (χ1) is 23.8. The maximum Gasteiger partial charge on any atom is 0.178 e. The van der Waals surface area contributed by atoms with Crippen LogP contribution < -0.4 is 19.7 Å². The number of hydrogen-bond donors (Lipinski definition) is 0.